The van der Waals surface area contributed by atoms with Gasteiger partial charge in [0.25, 0.3) is 11.5 Å². The summed E-state index contributed by atoms with van der Waals surface area (Å²) in [7, 11) is 1.67. The number of rotatable bonds is 2. The first-order valence-corrected chi connectivity index (χ1v) is 6.70. The highest BCUT2D eigenvalue weighted by Crippen LogP contribution is 2.20. The molecule has 0 bridgehead atoms. The quantitative estimate of drug-likeness (QED) is 0.849. The number of nitrogens with zero attached hydrogens (tertiary/aromatic N) is 2. The van der Waals surface area contributed by atoms with Crippen molar-refractivity contribution in [2.24, 2.45) is 18.7 Å². The average molecular weight is 263 g/mol. The molecule has 104 valence electrons. The van der Waals surface area contributed by atoms with Crippen LogP contribution in [0.3, 0.4) is 0 Å². The van der Waals surface area contributed by atoms with E-state index in [4.69, 9.17) is 5.73 Å². The van der Waals surface area contributed by atoms with Gasteiger partial charge < -0.3 is 15.2 Å². The van der Waals surface area contributed by atoms with Gasteiger partial charge in [0, 0.05) is 44.0 Å². The molecule has 19 heavy (non-hydrogen) atoms. The highest BCUT2D eigenvalue weighted by Gasteiger charge is 2.26. The van der Waals surface area contributed by atoms with Gasteiger partial charge in [0.2, 0.25) is 0 Å². The van der Waals surface area contributed by atoms with Gasteiger partial charge in [0.15, 0.2) is 0 Å². The van der Waals surface area contributed by atoms with Crippen molar-refractivity contribution in [2.75, 3.05) is 13.1 Å². The molecule has 5 nitrogen and oxygen atoms in total. The Morgan fingerprint density at radius 3 is 2.89 bits per heavy atom. The number of amides is 1. The lowest BCUT2D eigenvalue weighted by molar-refractivity contribution is 0.0660. The number of carbonyl (C=O) groups excluding carboxylic acids is 1. The summed E-state index contributed by atoms with van der Waals surface area (Å²) in [5, 5.41) is 0. The Bertz CT molecular complexity index is 522. The van der Waals surface area contributed by atoms with Gasteiger partial charge >= 0.3 is 0 Å². The van der Waals surface area contributed by atoms with E-state index in [1.54, 1.807) is 19.3 Å². The van der Waals surface area contributed by atoms with Crippen molar-refractivity contribution in [1.29, 1.82) is 0 Å². The van der Waals surface area contributed by atoms with Crippen LogP contribution < -0.4 is 11.3 Å². The molecule has 1 amide bonds. The second-order valence-corrected chi connectivity index (χ2v) is 5.38. The molecule has 1 aliphatic heterocycles. The van der Waals surface area contributed by atoms with Gasteiger partial charge in [0.05, 0.1) is 0 Å². The van der Waals surface area contributed by atoms with Gasteiger partial charge in [0.1, 0.15) is 0 Å². The molecule has 0 aromatic carbocycles. The van der Waals surface area contributed by atoms with Crippen LogP contribution in [0.15, 0.2) is 23.1 Å². The highest BCUT2D eigenvalue weighted by molar-refractivity contribution is 5.94. The largest absolute Gasteiger partial charge is 0.338 e. The van der Waals surface area contributed by atoms with Crippen LogP contribution in [0.25, 0.3) is 0 Å². The number of likely N-dealkylation sites (tertiary alicyclic amines) is 1. The number of pyridine rings is 1. The Balaban J connectivity index is 2.14. The number of piperidine rings is 1. The standard InChI is InChI=1S/C14H21N3O2/c1-10(15)12-4-3-6-17(9-12)14(19)11-5-7-16(2)13(18)8-11/h5,7-8,10,12H,3-4,6,9,15H2,1-2H3. The molecule has 1 aliphatic rings. The lowest BCUT2D eigenvalue weighted by atomic mass is 9.92. The number of hydrogen-bond donors (Lipinski definition) is 1. The van der Waals surface area contributed by atoms with Crippen molar-refractivity contribution >= 4 is 5.91 Å². The molecule has 1 saturated heterocycles. The molecule has 2 heterocycles. The maximum Gasteiger partial charge on any atom is 0.254 e. The number of nitrogens with two attached hydrogens (primary N) is 1. The minimum absolute atomic E-state index is 0.0666. The molecule has 0 aliphatic carbocycles. The average Bonchev–Trinajstić information content (AvgIpc) is 2.41. The molecular weight excluding hydrogens is 242 g/mol. The summed E-state index contributed by atoms with van der Waals surface area (Å²) in [4.78, 5) is 25.8. The van der Waals surface area contributed by atoms with Crippen molar-refractivity contribution < 1.29 is 4.79 Å². The number of aromatic nitrogens is 1. The van der Waals surface area contributed by atoms with Crippen LogP contribution in [-0.2, 0) is 7.05 Å². The third-order valence-electron chi connectivity index (χ3n) is 3.84. The summed E-state index contributed by atoms with van der Waals surface area (Å²) in [6, 6.07) is 3.19. The van der Waals surface area contributed by atoms with E-state index in [1.165, 1.54) is 10.6 Å². The Kier molecular flexibility index (Phi) is 4.04. The molecule has 0 radical (unpaired) electrons. The smallest absolute Gasteiger partial charge is 0.254 e. The molecule has 0 spiro atoms. The Morgan fingerprint density at radius 2 is 2.26 bits per heavy atom. The van der Waals surface area contributed by atoms with Crippen LogP contribution in [0.5, 0.6) is 0 Å². The maximum absolute atomic E-state index is 12.4. The van der Waals surface area contributed by atoms with Gasteiger partial charge in [-0.3, -0.25) is 9.59 Å². The monoisotopic (exact) mass is 263 g/mol. The zero-order chi connectivity index (χ0) is 14.0. The van der Waals surface area contributed by atoms with Crippen molar-refractivity contribution in [3.63, 3.8) is 0 Å². The number of aryl methyl sites for hydroxylation is 1. The molecule has 5 heteroatoms. The Morgan fingerprint density at radius 1 is 1.53 bits per heavy atom. The summed E-state index contributed by atoms with van der Waals surface area (Å²) in [6.45, 7) is 3.42. The van der Waals surface area contributed by atoms with E-state index in [0.29, 0.717) is 18.0 Å². The molecule has 1 aromatic heterocycles. The van der Waals surface area contributed by atoms with Gasteiger partial charge in [-0.05, 0) is 31.7 Å². The first-order chi connectivity index (χ1) is 8.99. The summed E-state index contributed by atoms with van der Waals surface area (Å²) >= 11 is 0. The van der Waals surface area contributed by atoms with Crippen molar-refractivity contribution in [2.45, 2.75) is 25.8 Å². The fourth-order valence-electron chi connectivity index (χ4n) is 2.49. The van der Waals surface area contributed by atoms with Gasteiger partial charge in [-0.25, -0.2) is 0 Å². The third-order valence-corrected chi connectivity index (χ3v) is 3.84. The molecule has 0 saturated carbocycles. The van der Waals surface area contributed by atoms with E-state index in [-0.39, 0.29) is 17.5 Å². The highest BCUT2D eigenvalue weighted by atomic mass is 16.2. The van der Waals surface area contributed by atoms with Crippen LogP contribution in [0, 0.1) is 5.92 Å². The summed E-state index contributed by atoms with van der Waals surface area (Å²) in [5.41, 5.74) is 6.23. The fraction of sp³-hybridized carbons (Fsp3) is 0.571. The molecule has 2 atom stereocenters. The zero-order valence-electron chi connectivity index (χ0n) is 11.5. The van der Waals surface area contributed by atoms with Gasteiger partial charge in [-0.15, -0.1) is 0 Å². The van der Waals surface area contributed by atoms with E-state index in [9.17, 15) is 9.59 Å². The van der Waals surface area contributed by atoms with Gasteiger partial charge in [-0.1, -0.05) is 0 Å². The predicted molar refractivity (Wildman–Crippen MR) is 74.0 cm³/mol. The summed E-state index contributed by atoms with van der Waals surface area (Å²) in [5.74, 6) is 0.285. The third kappa shape index (κ3) is 3.04. The Labute approximate surface area is 113 Å². The predicted octanol–water partition coefficient (Wildman–Crippen LogP) is 0.585. The Hall–Kier alpha value is -1.62. The van der Waals surface area contributed by atoms with Crippen molar-refractivity contribution in [1.82, 2.24) is 9.47 Å². The van der Waals surface area contributed by atoms with Crippen LogP contribution in [0.2, 0.25) is 0 Å². The molecular formula is C14H21N3O2. The first kappa shape index (κ1) is 13.8. The molecule has 1 fully saturated rings. The number of carbonyl (C=O) groups is 1. The van der Waals surface area contributed by atoms with Gasteiger partial charge in [-0.2, -0.15) is 0 Å². The first-order valence-electron chi connectivity index (χ1n) is 6.70. The zero-order valence-corrected chi connectivity index (χ0v) is 11.5. The van der Waals surface area contributed by atoms with Crippen LogP contribution in [0.1, 0.15) is 30.1 Å². The lowest BCUT2D eigenvalue weighted by Gasteiger charge is -2.34. The minimum atomic E-state index is -0.161. The van der Waals surface area contributed by atoms with E-state index >= 15 is 0 Å². The lowest BCUT2D eigenvalue weighted by Crippen LogP contribution is -2.45. The van der Waals surface area contributed by atoms with E-state index in [2.05, 4.69) is 0 Å². The molecule has 2 N–H and O–H groups in total. The van der Waals surface area contributed by atoms with Crippen molar-refractivity contribution in [3.8, 4) is 0 Å². The molecule has 1 aromatic rings. The number of hydrogen-bond acceptors (Lipinski definition) is 3. The normalized spacial score (nSPS) is 21.2. The van der Waals surface area contributed by atoms with Crippen LogP contribution in [-0.4, -0.2) is 34.5 Å². The van der Waals surface area contributed by atoms with Crippen LogP contribution >= 0.6 is 0 Å². The maximum atomic E-state index is 12.4. The second-order valence-electron chi connectivity index (χ2n) is 5.38. The molecule has 2 unspecified atom stereocenters. The SMILES string of the molecule is CC(N)C1CCCN(C(=O)c2ccn(C)c(=O)c2)C1. The fourth-order valence-corrected chi connectivity index (χ4v) is 2.49. The van der Waals surface area contributed by atoms with Crippen LogP contribution in [0.4, 0.5) is 0 Å². The van der Waals surface area contributed by atoms with E-state index < -0.39 is 0 Å². The summed E-state index contributed by atoms with van der Waals surface area (Å²) in [6.07, 6.45) is 3.67. The van der Waals surface area contributed by atoms with E-state index in [1.807, 2.05) is 11.8 Å². The molecule has 2 rings (SSSR count). The summed E-state index contributed by atoms with van der Waals surface area (Å²) < 4.78 is 1.46. The second kappa shape index (κ2) is 5.57. The van der Waals surface area contributed by atoms with Crippen molar-refractivity contribution in [3.05, 3.63) is 34.2 Å². The topological polar surface area (TPSA) is 68.3 Å². The minimum Gasteiger partial charge on any atom is -0.338 e. The van der Waals surface area contributed by atoms with E-state index in [0.717, 1.165) is 19.4 Å².